The van der Waals surface area contributed by atoms with E-state index in [0.717, 1.165) is 29.4 Å². The Labute approximate surface area is 202 Å². The van der Waals surface area contributed by atoms with Crippen LogP contribution in [0, 0.1) is 0 Å². The molecule has 1 fully saturated rings. The molecule has 10 heteroatoms. The first-order valence-electron chi connectivity index (χ1n) is 11.4. The highest BCUT2D eigenvalue weighted by molar-refractivity contribution is 5.88. The second kappa shape index (κ2) is 8.18. The second-order valence-electron chi connectivity index (χ2n) is 8.96. The monoisotopic (exact) mass is 491 g/mol. The number of ether oxygens (including phenoxy) is 1. The van der Waals surface area contributed by atoms with Gasteiger partial charge in [-0.25, -0.2) is 0 Å². The van der Waals surface area contributed by atoms with Crippen LogP contribution in [-0.4, -0.2) is 37.1 Å². The van der Waals surface area contributed by atoms with Crippen LogP contribution in [0.3, 0.4) is 0 Å². The van der Waals surface area contributed by atoms with Crippen LogP contribution in [0.25, 0.3) is 38.8 Å². The Hall–Kier alpha value is -4.21. The van der Waals surface area contributed by atoms with Crippen molar-refractivity contribution in [1.29, 1.82) is 0 Å². The third-order valence-electron chi connectivity index (χ3n) is 6.16. The van der Waals surface area contributed by atoms with Crippen LogP contribution in [0.1, 0.15) is 24.5 Å². The molecule has 1 saturated carbocycles. The van der Waals surface area contributed by atoms with Crippen LogP contribution < -0.4 is 10.3 Å². The van der Waals surface area contributed by atoms with E-state index < -0.39 is 12.8 Å². The fraction of sp³-hybridized carbons (Fsp3) is 0.231. The molecule has 182 valence electrons. The predicted molar refractivity (Wildman–Crippen MR) is 128 cm³/mol. The molecule has 0 radical (unpaired) electrons. The first-order valence-corrected chi connectivity index (χ1v) is 11.4. The van der Waals surface area contributed by atoms with Gasteiger partial charge < -0.3 is 4.74 Å². The number of rotatable bonds is 5. The molecule has 0 spiro atoms. The van der Waals surface area contributed by atoms with E-state index in [4.69, 9.17) is 4.74 Å². The van der Waals surface area contributed by atoms with Gasteiger partial charge in [0.05, 0.1) is 17.4 Å². The minimum atomic E-state index is -4.51. The van der Waals surface area contributed by atoms with Crippen LogP contribution in [0.2, 0.25) is 0 Å². The van der Waals surface area contributed by atoms with Gasteiger partial charge in [0.15, 0.2) is 12.3 Å². The van der Waals surface area contributed by atoms with Gasteiger partial charge in [0.25, 0.3) is 5.56 Å². The summed E-state index contributed by atoms with van der Waals surface area (Å²) < 4.78 is 46.0. The average Bonchev–Trinajstić information content (AvgIpc) is 3.62. The standard InChI is InChI=1S/C26H20F3N5O2/c1-33-13-18-10-16(4-7-22(18)32-33)20-11-17-5-9-23(36-14-26(27,28)29)31-24(17)34(25(20)35)19-6-8-21(30-12-19)15-2-3-15/h4-13,15H,2-3,14H2,1H3. The minimum absolute atomic E-state index is 0.187. The lowest BCUT2D eigenvalue weighted by atomic mass is 10.0. The third-order valence-corrected chi connectivity index (χ3v) is 6.16. The van der Waals surface area contributed by atoms with Crippen molar-refractivity contribution in [2.75, 3.05) is 6.61 Å². The number of aryl methyl sites for hydroxylation is 1. The summed E-state index contributed by atoms with van der Waals surface area (Å²) in [6.45, 7) is -1.48. The van der Waals surface area contributed by atoms with Gasteiger partial charge in [0.2, 0.25) is 5.88 Å². The normalized spacial score (nSPS) is 14.0. The quantitative estimate of drug-likeness (QED) is 0.340. The van der Waals surface area contributed by atoms with Crippen LogP contribution in [-0.2, 0) is 7.05 Å². The highest BCUT2D eigenvalue weighted by Gasteiger charge is 2.29. The molecule has 1 aromatic carbocycles. The summed E-state index contributed by atoms with van der Waals surface area (Å²) in [6, 6.07) is 13.9. The van der Waals surface area contributed by atoms with E-state index in [1.54, 1.807) is 29.1 Å². The van der Waals surface area contributed by atoms with Crippen molar-refractivity contribution in [2.24, 2.45) is 7.05 Å². The number of hydrogen-bond donors (Lipinski definition) is 0. The molecule has 0 amide bonds. The summed E-state index contributed by atoms with van der Waals surface area (Å²) in [7, 11) is 1.82. The maximum atomic E-state index is 13.8. The van der Waals surface area contributed by atoms with Crippen molar-refractivity contribution < 1.29 is 17.9 Å². The lowest BCUT2D eigenvalue weighted by Crippen LogP contribution is -2.22. The van der Waals surface area contributed by atoms with Gasteiger partial charge in [-0.15, -0.1) is 0 Å². The summed E-state index contributed by atoms with van der Waals surface area (Å²) >= 11 is 0. The van der Waals surface area contributed by atoms with Crippen LogP contribution in [0.4, 0.5) is 13.2 Å². The molecule has 7 nitrogen and oxygen atoms in total. The summed E-state index contributed by atoms with van der Waals surface area (Å²) in [5.74, 6) is 0.214. The van der Waals surface area contributed by atoms with E-state index in [0.29, 0.717) is 28.1 Å². The fourth-order valence-electron chi connectivity index (χ4n) is 4.32. The number of fused-ring (bicyclic) bond motifs is 2. The highest BCUT2D eigenvalue weighted by atomic mass is 19.4. The lowest BCUT2D eigenvalue weighted by molar-refractivity contribution is -0.154. The van der Waals surface area contributed by atoms with Gasteiger partial charge in [-0.05, 0) is 54.8 Å². The van der Waals surface area contributed by atoms with E-state index in [-0.39, 0.29) is 17.1 Å². The summed E-state index contributed by atoms with van der Waals surface area (Å²) in [4.78, 5) is 22.6. The van der Waals surface area contributed by atoms with Gasteiger partial charge >= 0.3 is 6.18 Å². The Bertz CT molecular complexity index is 1670. The number of halogens is 3. The first-order chi connectivity index (χ1) is 17.2. The molecule has 4 heterocycles. The molecule has 5 aromatic rings. The van der Waals surface area contributed by atoms with Crippen LogP contribution in [0.15, 0.2) is 65.7 Å². The molecule has 0 unspecified atom stereocenters. The zero-order valence-electron chi connectivity index (χ0n) is 19.2. The molecule has 6 rings (SSSR count). The van der Waals surface area contributed by atoms with Crippen molar-refractivity contribution >= 4 is 21.9 Å². The topological polar surface area (TPSA) is 74.8 Å². The largest absolute Gasteiger partial charge is 0.468 e. The highest BCUT2D eigenvalue weighted by Crippen LogP contribution is 2.39. The van der Waals surface area contributed by atoms with Gasteiger partial charge in [0.1, 0.15) is 0 Å². The fourth-order valence-corrected chi connectivity index (χ4v) is 4.32. The van der Waals surface area contributed by atoms with Crippen molar-refractivity contribution in [3.8, 4) is 22.7 Å². The van der Waals surface area contributed by atoms with E-state index in [1.807, 2.05) is 37.5 Å². The zero-order valence-corrected chi connectivity index (χ0v) is 19.2. The molecular weight excluding hydrogens is 471 g/mol. The molecule has 1 aliphatic rings. The summed E-state index contributed by atoms with van der Waals surface area (Å²) in [5, 5.41) is 5.83. The minimum Gasteiger partial charge on any atom is -0.468 e. The molecule has 4 aromatic heterocycles. The van der Waals surface area contributed by atoms with E-state index in [9.17, 15) is 18.0 Å². The van der Waals surface area contributed by atoms with E-state index in [1.165, 1.54) is 10.6 Å². The number of benzene rings is 1. The predicted octanol–water partition coefficient (Wildman–Crippen LogP) is 5.15. The van der Waals surface area contributed by atoms with Gasteiger partial charge in [0, 0.05) is 47.3 Å². The average molecular weight is 491 g/mol. The number of hydrogen-bond acceptors (Lipinski definition) is 5. The summed E-state index contributed by atoms with van der Waals surface area (Å²) in [5.41, 5.74) is 3.16. The summed E-state index contributed by atoms with van der Waals surface area (Å²) in [6.07, 6.45) is 1.14. The molecule has 1 aliphatic carbocycles. The van der Waals surface area contributed by atoms with Gasteiger partial charge in [-0.3, -0.25) is 19.0 Å². The van der Waals surface area contributed by atoms with E-state index >= 15 is 0 Å². The molecule has 0 bridgehead atoms. The molecular formula is C26H20F3N5O2. The zero-order chi connectivity index (χ0) is 25.0. The molecule has 0 aliphatic heterocycles. The van der Waals surface area contributed by atoms with Crippen molar-refractivity contribution in [1.82, 2.24) is 24.3 Å². The molecule has 0 N–H and O–H groups in total. The van der Waals surface area contributed by atoms with E-state index in [2.05, 4.69) is 15.1 Å². The lowest BCUT2D eigenvalue weighted by Gasteiger charge is -2.14. The Morgan fingerprint density at radius 3 is 2.61 bits per heavy atom. The Morgan fingerprint density at radius 2 is 1.89 bits per heavy atom. The first kappa shape index (κ1) is 22.3. The SMILES string of the molecule is Cn1cc2cc(-c3cc4ccc(OCC(F)(F)F)nc4n(-c4ccc(C5CC5)nc4)c3=O)ccc2n1. The smallest absolute Gasteiger partial charge is 0.422 e. The molecule has 0 saturated heterocycles. The number of aromatic nitrogens is 5. The number of alkyl halides is 3. The van der Waals surface area contributed by atoms with Gasteiger partial charge in [-0.1, -0.05) is 6.07 Å². The van der Waals surface area contributed by atoms with Gasteiger partial charge in [-0.2, -0.15) is 23.3 Å². The van der Waals surface area contributed by atoms with Crippen LogP contribution >= 0.6 is 0 Å². The molecule has 0 atom stereocenters. The van der Waals surface area contributed by atoms with Crippen molar-refractivity contribution in [3.63, 3.8) is 0 Å². The number of pyridine rings is 3. The number of nitrogens with zero attached hydrogens (tertiary/aromatic N) is 5. The molecule has 36 heavy (non-hydrogen) atoms. The van der Waals surface area contributed by atoms with Crippen molar-refractivity contribution in [3.05, 3.63) is 77.0 Å². The maximum Gasteiger partial charge on any atom is 0.422 e. The Morgan fingerprint density at radius 1 is 1.06 bits per heavy atom. The maximum absolute atomic E-state index is 13.8. The third kappa shape index (κ3) is 4.19. The Balaban J connectivity index is 1.54. The van der Waals surface area contributed by atoms with Crippen LogP contribution in [0.5, 0.6) is 5.88 Å². The van der Waals surface area contributed by atoms with Crippen molar-refractivity contribution in [2.45, 2.75) is 24.9 Å². The second-order valence-corrected chi connectivity index (χ2v) is 8.96. The Kier molecular flexibility index (Phi) is 5.06.